The zero-order valence-corrected chi connectivity index (χ0v) is 8.09. The van der Waals surface area contributed by atoms with Crippen LogP contribution in [0.2, 0.25) is 0 Å². The van der Waals surface area contributed by atoms with Gasteiger partial charge in [0, 0.05) is 4.92 Å². The molecule has 10 heteroatoms. The minimum absolute atomic E-state index is 0.327. The van der Waals surface area contributed by atoms with Gasteiger partial charge in [0.15, 0.2) is 0 Å². The summed E-state index contributed by atoms with van der Waals surface area (Å²) in [7, 11) is 0. The van der Waals surface area contributed by atoms with Crippen LogP contribution in [-0.2, 0) is 4.74 Å². The van der Waals surface area contributed by atoms with Crippen molar-refractivity contribution in [2.24, 2.45) is 0 Å². The van der Waals surface area contributed by atoms with Gasteiger partial charge in [0.1, 0.15) is 0 Å². The first kappa shape index (κ1) is 13.9. The van der Waals surface area contributed by atoms with E-state index in [1.54, 1.807) is 0 Å². The second-order valence-electron chi connectivity index (χ2n) is 2.56. The van der Waals surface area contributed by atoms with Crippen molar-refractivity contribution in [1.82, 2.24) is 0 Å². The fraction of sp³-hybridized carbons (Fsp3) is 1.00. The molecule has 15 heavy (non-hydrogen) atoms. The summed E-state index contributed by atoms with van der Waals surface area (Å²) in [6, 6.07) is 0. The van der Waals surface area contributed by atoms with Crippen molar-refractivity contribution >= 4 is 11.6 Å². The molecule has 0 radical (unpaired) electrons. The molecule has 88 valence electrons. The van der Waals surface area contributed by atoms with E-state index in [0.29, 0.717) is 0 Å². The van der Waals surface area contributed by atoms with Gasteiger partial charge in [-0.1, -0.05) is 0 Å². The third-order valence-electron chi connectivity index (χ3n) is 1.27. The molecule has 0 saturated heterocycles. The Labute approximate surface area is 87.9 Å². The number of halogens is 2. The number of nitro groups is 2. The third-order valence-corrected chi connectivity index (χ3v) is 1.63. The first-order valence-corrected chi connectivity index (χ1v) is 4.18. The minimum Gasteiger partial charge on any atom is -0.389 e. The lowest BCUT2D eigenvalue weighted by atomic mass is 10.4. The molecule has 0 aliphatic carbocycles. The van der Waals surface area contributed by atoms with E-state index in [2.05, 4.69) is 4.74 Å². The number of hydrogen-bond donors (Lipinski definition) is 1. The summed E-state index contributed by atoms with van der Waals surface area (Å²) < 4.78 is 17.2. The summed E-state index contributed by atoms with van der Waals surface area (Å²) >= 11 is 5.11. The van der Waals surface area contributed by atoms with Gasteiger partial charge in [-0.15, -0.1) is 16.0 Å². The largest absolute Gasteiger partial charge is 0.542 e. The highest BCUT2D eigenvalue weighted by Crippen LogP contribution is 2.15. The monoisotopic (exact) mass is 246 g/mol. The minimum atomic E-state index is -3.64. The van der Waals surface area contributed by atoms with Crippen LogP contribution in [0.25, 0.3) is 0 Å². The number of ether oxygens (including phenoxy) is 1. The lowest BCUT2D eigenvalue weighted by molar-refractivity contribution is -0.710. The molecule has 0 aliphatic heterocycles. The standard InChI is InChI=1S/C5H8ClFN2O6/c6-1-4(10)2-15-5(7,9(13)14)3-8(11)12/h4,10H,1-3H2. The Bertz CT molecular complexity index is 254. The van der Waals surface area contributed by atoms with Gasteiger partial charge in [-0.25, -0.2) is 0 Å². The number of rotatable bonds is 7. The normalized spacial score (nSPS) is 16.7. The maximum Gasteiger partial charge on any atom is 0.542 e. The maximum atomic E-state index is 13.1. The van der Waals surface area contributed by atoms with Crippen LogP contribution in [-0.4, -0.2) is 46.1 Å². The SMILES string of the molecule is O=[N+]([O-])CC(F)(OCC(O)CCl)[N+](=O)[O-]. The molecule has 0 saturated carbocycles. The summed E-state index contributed by atoms with van der Waals surface area (Å²) in [6.45, 7) is -2.44. The Morgan fingerprint density at radius 2 is 2.07 bits per heavy atom. The van der Waals surface area contributed by atoms with Gasteiger partial charge in [0.05, 0.1) is 23.5 Å². The molecule has 0 bridgehead atoms. The van der Waals surface area contributed by atoms with Crippen LogP contribution in [0.15, 0.2) is 0 Å². The van der Waals surface area contributed by atoms with Crippen LogP contribution in [0, 0.1) is 20.2 Å². The van der Waals surface area contributed by atoms with E-state index in [9.17, 15) is 24.6 Å². The Morgan fingerprint density at radius 3 is 2.40 bits per heavy atom. The van der Waals surface area contributed by atoms with Crippen molar-refractivity contribution in [3.8, 4) is 0 Å². The topological polar surface area (TPSA) is 116 Å². The summed E-state index contributed by atoms with van der Waals surface area (Å²) in [6.07, 6.45) is -1.33. The number of alkyl halides is 2. The summed E-state index contributed by atoms with van der Waals surface area (Å²) in [5.41, 5.74) is 0. The van der Waals surface area contributed by atoms with Gasteiger partial charge in [0.25, 0.3) is 0 Å². The molecule has 0 spiro atoms. The van der Waals surface area contributed by atoms with E-state index in [1.807, 2.05) is 0 Å². The summed E-state index contributed by atoms with van der Waals surface area (Å²) in [5, 5.41) is 28.9. The van der Waals surface area contributed by atoms with Crippen molar-refractivity contribution in [2.45, 2.75) is 12.1 Å². The molecule has 0 rings (SSSR count). The van der Waals surface area contributed by atoms with E-state index in [4.69, 9.17) is 16.7 Å². The molecule has 0 aromatic carbocycles. The van der Waals surface area contributed by atoms with Gasteiger partial charge in [-0.3, -0.25) is 25.0 Å². The van der Waals surface area contributed by atoms with Gasteiger partial charge < -0.3 is 5.11 Å². The highest BCUT2D eigenvalue weighted by atomic mass is 35.5. The number of aliphatic hydroxyl groups is 1. The van der Waals surface area contributed by atoms with E-state index >= 15 is 0 Å². The van der Waals surface area contributed by atoms with Crippen molar-refractivity contribution in [2.75, 3.05) is 19.0 Å². The highest BCUT2D eigenvalue weighted by molar-refractivity contribution is 6.18. The molecular weight excluding hydrogens is 239 g/mol. The van der Waals surface area contributed by atoms with Crippen LogP contribution in [0.1, 0.15) is 0 Å². The Hall–Kier alpha value is -1.06. The average molecular weight is 247 g/mol. The summed E-state index contributed by atoms with van der Waals surface area (Å²) in [5.74, 6) is -3.97. The van der Waals surface area contributed by atoms with Crippen LogP contribution in [0.5, 0.6) is 0 Å². The van der Waals surface area contributed by atoms with E-state index in [0.717, 1.165) is 0 Å². The van der Waals surface area contributed by atoms with Crippen molar-refractivity contribution in [3.05, 3.63) is 20.2 Å². The number of aliphatic hydroxyl groups excluding tert-OH is 1. The Morgan fingerprint density at radius 1 is 1.53 bits per heavy atom. The van der Waals surface area contributed by atoms with Crippen molar-refractivity contribution < 1.29 is 24.1 Å². The zero-order chi connectivity index (χ0) is 12.1. The van der Waals surface area contributed by atoms with Crippen LogP contribution in [0.3, 0.4) is 0 Å². The zero-order valence-electron chi connectivity index (χ0n) is 7.34. The first-order valence-electron chi connectivity index (χ1n) is 3.65. The predicted octanol–water partition coefficient (Wildman–Crippen LogP) is -0.221. The van der Waals surface area contributed by atoms with E-state index in [-0.39, 0.29) is 5.88 Å². The average Bonchev–Trinajstić information content (AvgIpc) is 2.12. The molecule has 0 aromatic rings. The molecule has 2 atom stereocenters. The van der Waals surface area contributed by atoms with Crippen LogP contribution < -0.4 is 0 Å². The van der Waals surface area contributed by atoms with Crippen molar-refractivity contribution in [1.29, 1.82) is 0 Å². The Kier molecular flexibility index (Phi) is 5.33. The van der Waals surface area contributed by atoms with E-state index < -0.39 is 35.1 Å². The van der Waals surface area contributed by atoms with Gasteiger partial charge in [-0.2, -0.15) is 0 Å². The molecule has 1 N–H and O–H groups in total. The van der Waals surface area contributed by atoms with Gasteiger partial charge in [-0.05, 0) is 0 Å². The third kappa shape index (κ3) is 4.81. The van der Waals surface area contributed by atoms with Gasteiger partial charge in [0.2, 0.25) is 0 Å². The molecule has 8 nitrogen and oxygen atoms in total. The predicted molar refractivity (Wildman–Crippen MR) is 45.4 cm³/mol. The first-order chi connectivity index (χ1) is 6.81. The Balaban J connectivity index is 4.38. The van der Waals surface area contributed by atoms with E-state index in [1.165, 1.54) is 0 Å². The molecule has 2 unspecified atom stereocenters. The highest BCUT2D eigenvalue weighted by Gasteiger charge is 2.51. The number of hydrogen-bond acceptors (Lipinski definition) is 6. The molecular formula is C5H8ClFN2O6. The maximum absolute atomic E-state index is 13.1. The lowest BCUT2D eigenvalue weighted by Gasteiger charge is -2.14. The lowest BCUT2D eigenvalue weighted by Crippen LogP contribution is -2.45. The fourth-order valence-electron chi connectivity index (χ4n) is 0.584. The van der Waals surface area contributed by atoms with Gasteiger partial charge >= 0.3 is 12.5 Å². The quantitative estimate of drug-likeness (QED) is 0.218. The molecule has 0 fully saturated rings. The van der Waals surface area contributed by atoms with Crippen molar-refractivity contribution in [3.63, 3.8) is 0 Å². The van der Waals surface area contributed by atoms with Crippen LogP contribution >= 0.6 is 11.6 Å². The smallest absolute Gasteiger partial charge is 0.389 e. The number of nitrogens with zero attached hydrogens (tertiary/aromatic N) is 2. The molecule has 0 amide bonds. The fourth-order valence-corrected chi connectivity index (χ4v) is 0.673. The van der Waals surface area contributed by atoms with Crippen LogP contribution in [0.4, 0.5) is 4.39 Å². The summed E-state index contributed by atoms with van der Waals surface area (Å²) in [4.78, 5) is 17.3. The second-order valence-corrected chi connectivity index (χ2v) is 2.86. The second kappa shape index (κ2) is 5.73. The molecule has 0 aliphatic rings. The molecule has 0 aromatic heterocycles. The molecule has 0 heterocycles.